The molecule has 1 aliphatic rings. The Kier molecular flexibility index (Phi) is 5.65. The van der Waals surface area contributed by atoms with Gasteiger partial charge in [0.25, 0.3) is 0 Å². The topological polar surface area (TPSA) is 86.0 Å². The molecule has 25 heavy (non-hydrogen) atoms. The van der Waals surface area contributed by atoms with E-state index < -0.39 is 0 Å². The molecule has 2 heterocycles. The Hall–Kier alpha value is -2.85. The van der Waals surface area contributed by atoms with Crippen molar-refractivity contribution >= 4 is 11.8 Å². The van der Waals surface area contributed by atoms with E-state index in [0.29, 0.717) is 18.8 Å². The van der Waals surface area contributed by atoms with Gasteiger partial charge in [0.1, 0.15) is 0 Å². The van der Waals surface area contributed by atoms with Gasteiger partial charge in [-0.15, -0.1) is 0 Å². The molecule has 7 nitrogen and oxygen atoms in total. The van der Waals surface area contributed by atoms with Crippen molar-refractivity contribution in [3.63, 3.8) is 0 Å². The standard InChI is InChI=1S/C18H22N6O/c19-9-4-10-24-12-8-17(22-24)21-18(25)20-16-7-11-23(14-16)13-15-5-2-1-3-6-15/h1-3,5-6,8,12,16H,4,7,10-11,13-14H2,(H2,20,21,22,25). The number of nitriles is 1. The van der Waals surface area contributed by atoms with Gasteiger partial charge in [0, 0.05) is 37.9 Å². The summed E-state index contributed by atoms with van der Waals surface area (Å²) in [5, 5.41) is 18.5. The van der Waals surface area contributed by atoms with Crippen LogP contribution in [0.1, 0.15) is 18.4 Å². The van der Waals surface area contributed by atoms with Gasteiger partial charge in [-0.2, -0.15) is 10.4 Å². The van der Waals surface area contributed by atoms with Crippen LogP contribution in [-0.4, -0.2) is 39.8 Å². The van der Waals surface area contributed by atoms with Crippen LogP contribution in [0.3, 0.4) is 0 Å². The first-order chi connectivity index (χ1) is 12.2. The van der Waals surface area contributed by atoms with E-state index in [1.54, 1.807) is 16.9 Å². The molecular weight excluding hydrogens is 316 g/mol. The maximum atomic E-state index is 12.1. The van der Waals surface area contributed by atoms with Crippen molar-refractivity contribution in [1.29, 1.82) is 5.26 Å². The number of anilines is 1. The first-order valence-corrected chi connectivity index (χ1v) is 8.47. The third-order valence-corrected chi connectivity index (χ3v) is 4.19. The number of aromatic nitrogens is 2. The highest BCUT2D eigenvalue weighted by Gasteiger charge is 2.23. The number of rotatable bonds is 6. The van der Waals surface area contributed by atoms with E-state index in [9.17, 15) is 4.79 Å². The van der Waals surface area contributed by atoms with E-state index in [1.165, 1.54) is 5.56 Å². The number of urea groups is 1. The van der Waals surface area contributed by atoms with E-state index in [1.807, 2.05) is 18.2 Å². The molecule has 2 amide bonds. The van der Waals surface area contributed by atoms with Crippen LogP contribution in [-0.2, 0) is 13.1 Å². The summed E-state index contributed by atoms with van der Waals surface area (Å²) < 4.78 is 1.65. The van der Waals surface area contributed by atoms with Crippen LogP contribution in [0.2, 0.25) is 0 Å². The fourth-order valence-corrected chi connectivity index (χ4v) is 2.99. The molecule has 0 radical (unpaired) electrons. The summed E-state index contributed by atoms with van der Waals surface area (Å²) in [6.07, 6.45) is 3.09. The van der Waals surface area contributed by atoms with Crippen LogP contribution < -0.4 is 10.6 Å². The highest BCUT2D eigenvalue weighted by Crippen LogP contribution is 2.13. The number of amides is 2. The van der Waals surface area contributed by atoms with Gasteiger partial charge in [-0.1, -0.05) is 30.3 Å². The zero-order chi connectivity index (χ0) is 17.5. The van der Waals surface area contributed by atoms with Crippen LogP contribution in [0.15, 0.2) is 42.6 Å². The van der Waals surface area contributed by atoms with Crippen molar-refractivity contribution in [3.05, 3.63) is 48.2 Å². The van der Waals surface area contributed by atoms with Crippen LogP contribution in [0.4, 0.5) is 10.6 Å². The highest BCUT2D eigenvalue weighted by molar-refractivity contribution is 5.88. The lowest BCUT2D eigenvalue weighted by atomic mass is 10.2. The second-order valence-electron chi connectivity index (χ2n) is 6.18. The van der Waals surface area contributed by atoms with Gasteiger partial charge >= 0.3 is 6.03 Å². The number of carbonyl (C=O) groups is 1. The SMILES string of the molecule is N#CCCn1ccc(NC(=O)NC2CCN(Cc3ccccc3)C2)n1. The molecule has 1 fully saturated rings. The largest absolute Gasteiger partial charge is 0.334 e. The van der Waals surface area contributed by atoms with Crippen molar-refractivity contribution in [2.75, 3.05) is 18.4 Å². The summed E-state index contributed by atoms with van der Waals surface area (Å²) in [6.45, 7) is 3.25. The predicted octanol–water partition coefficient (Wildman–Crippen LogP) is 2.19. The summed E-state index contributed by atoms with van der Waals surface area (Å²) in [7, 11) is 0. The predicted molar refractivity (Wildman–Crippen MR) is 94.7 cm³/mol. The van der Waals surface area contributed by atoms with Gasteiger partial charge in [0.05, 0.1) is 19.0 Å². The number of nitrogens with one attached hydrogen (secondary N) is 2. The van der Waals surface area contributed by atoms with Crippen molar-refractivity contribution < 1.29 is 4.79 Å². The Morgan fingerprint density at radius 3 is 2.96 bits per heavy atom. The molecule has 1 atom stereocenters. The van der Waals surface area contributed by atoms with Crippen LogP contribution in [0.25, 0.3) is 0 Å². The maximum absolute atomic E-state index is 12.1. The normalized spacial score (nSPS) is 17.2. The second-order valence-corrected chi connectivity index (χ2v) is 6.18. The van der Waals surface area contributed by atoms with Gasteiger partial charge in [-0.3, -0.25) is 14.9 Å². The number of likely N-dealkylation sites (tertiary alicyclic amines) is 1. The summed E-state index contributed by atoms with van der Waals surface area (Å²) in [5.74, 6) is 0.495. The maximum Gasteiger partial charge on any atom is 0.320 e. The average Bonchev–Trinajstić information content (AvgIpc) is 3.23. The molecule has 130 valence electrons. The van der Waals surface area contributed by atoms with Crippen molar-refractivity contribution in [2.45, 2.75) is 32.0 Å². The number of carbonyl (C=O) groups excluding carboxylic acids is 1. The van der Waals surface area contributed by atoms with Gasteiger partial charge in [0.15, 0.2) is 5.82 Å². The Balaban J connectivity index is 1.43. The Bertz CT molecular complexity index is 736. The van der Waals surface area contributed by atoms with Gasteiger partial charge < -0.3 is 5.32 Å². The minimum atomic E-state index is -0.239. The molecule has 1 aliphatic heterocycles. The zero-order valence-electron chi connectivity index (χ0n) is 14.1. The molecule has 0 saturated carbocycles. The van der Waals surface area contributed by atoms with Gasteiger partial charge in [0.2, 0.25) is 0 Å². The van der Waals surface area contributed by atoms with E-state index >= 15 is 0 Å². The van der Waals surface area contributed by atoms with Crippen molar-refractivity contribution in [1.82, 2.24) is 20.0 Å². The quantitative estimate of drug-likeness (QED) is 0.845. The van der Waals surface area contributed by atoms with E-state index in [2.05, 4.69) is 38.8 Å². The molecule has 2 aromatic rings. The average molecular weight is 338 g/mol. The number of hydrogen-bond acceptors (Lipinski definition) is 4. The lowest BCUT2D eigenvalue weighted by Crippen LogP contribution is -2.39. The lowest BCUT2D eigenvalue weighted by molar-refractivity contribution is 0.247. The zero-order valence-corrected chi connectivity index (χ0v) is 14.1. The molecule has 7 heteroatoms. The summed E-state index contributed by atoms with van der Waals surface area (Å²) in [5.41, 5.74) is 1.29. The molecule has 2 N–H and O–H groups in total. The van der Waals surface area contributed by atoms with E-state index in [0.717, 1.165) is 26.1 Å². The summed E-state index contributed by atoms with van der Waals surface area (Å²) in [4.78, 5) is 14.5. The van der Waals surface area contributed by atoms with Crippen molar-refractivity contribution in [2.24, 2.45) is 0 Å². The smallest absolute Gasteiger partial charge is 0.320 e. The van der Waals surface area contributed by atoms with Crippen LogP contribution in [0.5, 0.6) is 0 Å². The molecule has 0 bridgehead atoms. The Labute approximate surface area is 147 Å². The minimum Gasteiger partial charge on any atom is -0.334 e. The minimum absolute atomic E-state index is 0.143. The molecule has 1 saturated heterocycles. The third kappa shape index (κ3) is 5.06. The Morgan fingerprint density at radius 1 is 1.32 bits per heavy atom. The summed E-state index contributed by atoms with van der Waals surface area (Å²) >= 11 is 0. The van der Waals surface area contributed by atoms with Crippen molar-refractivity contribution in [3.8, 4) is 6.07 Å². The molecule has 1 aromatic heterocycles. The first kappa shape index (κ1) is 17.0. The lowest BCUT2D eigenvalue weighted by Gasteiger charge is -2.16. The fourth-order valence-electron chi connectivity index (χ4n) is 2.99. The molecule has 1 unspecified atom stereocenters. The van der Waals surface area contributed by atoms with E-state index in [-0.39, 0.29) is 12.1 Å². The second kappa shape index (κ2) is 8.31. The number of nitrogens with zero attached hydrogens (tertiary/aromatic N) is 4. The third-order valence-electron chi connectivity index (χ3n) is 4.19. The number of aryl methyl sites for hydroxylation is 1. The summed E-state index contributed by atoms with van der Waals surface area (Å²) in [6, 6.07) is 14.1. The Morgan fingerprint density at radius 2 is 2.16 bits per heavy atom. The molecule has 1 aromatic carbocycles. The molecule has 3 rings (SSSR count). The fraction of sp³-hybridized carbons (Fsp3) is 0.389. The molecule has 0 spiro atoms. The van der Waals surface area contributed by atoms with E-state index in [4.69, 9.17) is 5.26 Å². The van der Waals surface area contributed by atoms with Crippen LogP contribution in [0, 0.1) is 11.3 Å². The number of benzene rings is 1. The monoisotopic (exact) mass is 338 g/mol. The first-order valence-electron chi connectivity index (χ1n) is 8.47. The number of hydrogen-bond donors (Lipinski definition) is 2. The highest BCUT2D eigenvalue weighted by atomic mass is 16.2. The van der Waals surface area contributed by atoms with Gasteiger partial charge in [-0.05, 0) is 12.0 Å². The van der Waals surface area contributed by atoms with Crippen LogP contribution >= 0.6 is 0 Å². The van der Waals surface area contributed by atoms with Gasteiger partial charge in [-0.25, -0.2) is 4.79 Å². The molecule has 0 aliphatic carbocycles. The molecular formula is C18H22N6O.